The van der Waals surface area contributed by atoms with Gasteiger partial charge in [-0.1, -0.05) is 182 Å². The van der Waals surface area contributed by atoms with Gasteiger partial charge in [-0.3, -0.25) is 14.4 Å². The fourth-order valence-corrected chi connectivity index (χ4v) is 10.8. The quantitative estimate of drug-likeness (QED) is 0.136. The number of hydrogen-bond acceptors (Lipinski definition) is 9. The van der Waals surface area contributed by atoms with Gasteiger partial charge in [-0.25, -0.2) is 0 Å². The second-order valence-electron chi connectivity index (χ2n) is 19.6. The fourth-order valence-electron chi connectivity index (χ4n) is 10.5. The number of aromatic nitrogens is 4. The largest absolute Gasteiger partial charge is 0.368 e. The Morgan fingerprint density at radius 3 is 1.08 bits per heavy atom. The van der Waals surface area contributed by atoms with Gasteiger partial charge < -0.3 is 29.8 Å². The zero-order valence-corrected chi connectivity index (χ0v) is 46.6. The highest BCUT2D eigenvalue weighted by atomic mass is 79.9. The Balaban J connectivity index is 0.000000150. The van der Waals surface area contributed by atoms with Crippen molar-refractivity contribution in [2.75, 3.05) is 111 Å². The third-order valence-corrected chi connectivity index (χ3v) is 15.1. The molecule has 3 fully saturated rings. The van der Waals surface area contributed by atoms with E-state index in [1.54, 1.807) is 0 Å². The number of rotatable bonds is 10. The summed E-state index contributed by atoms with van der Waals surface area (Å²) in [4.78, 5) is 16.1. The van der Waals surface area contributed by atoms with Crippen LogP contribution >= 0.6 is 28.3 Å². The van der Waals surface area contributed by atoms with Crippen molar-refractivity contribution < 1.29 is 0 Å². The topological polar surface area (TPSA) is 76.2 Å². The number of halogens is 2. The summed E-state index contributed by atoms with van der Waals surface area (Å²) in [5.41, 5.74) is 8.52. The van der Waals surface area contributed by atoms with Crippen LogP contribution in [-0.2, 0) is 11.1 Å². The van der Waals surface area contributed by atoms with Gasteiger partial charge in [0, 0.05) is 90.9 Å². The molecule has 0 aliphatic carbocycles. The van der Waals surface area contributed by atoms with Gasteiger partial charge >= 0.3 is 0 Å². The van der Waals surface area contributed by atoms with Crippen molar-refractivity contribution in [2.24, 2.45) is 4.99 Å². The van der Waals surface area contributed by atoms with Crippen LogP contribution in [0.1, 0.15) is 33.4 Å². The number of nitrogens with zero attached hydrogens (tertiary/aromatic N) is 10. The number of allylic oxidation sites excluding steroid dienone is 1. The van der Waals surface area contributed by atoms with Gasteiger partial charge in [-0.15, -0.1) is 12.4 Å². The minimum atomic E-state index is -0.547. The number of hydrogen-bond donors (Lipinski definition) is 1. The van der Waals surface area contributed by atoms with E-state index in [1.807, 2.05) is 47.7 Å². The minimum Gasteiger partial charge on any atom is -0.368 e. The zero-order chi connectivity index (χ0) is 51.7. The van der Waals surface area contributed by atoms with E-state index in [9.17, 15) is 0 Å². The molecule has 2 aromatic heterocycles. The lowest BCUT2D eigenvalue weighted by Crippen LogP contribution is -2.44. The van der Waals surface area contributed by atoms with E-state index in [-0.39, 0.29) is 12.4 Å². The van der Waals surface area contributed by atoms with Crippen molar-refractivity contribution in [3.8, 4) is 0 Å². The lowest BCUT2D eigenvalue weighted by molar-refractivity contribution is 0.193. The molecule has 6 aromatic carbocycles. The molecule has 6 heterocycles. The summed E-state index contributed by atoms with van der Waals surface area (Å²) in [6.45, 7) is 14.5. The van der Waals surface area contributed by atoms with Gasteiger partial charge in [0.15, 0.2) is 0 Å². The normalized spacial score (nSPS) is 16.2. The van der Waals surface area contributed by atoms with E-state index in [0.717, 1.165) is 63.4 Å². The lowest BCUT2D eigenvalue weighted by atomic mass is 9.77. The van der Waals surface area contributed by atoms with E-state index >= 15 is 0 Å². The predicted octanol–water partition coefficient (Wildman–Crippen LogP) is 10.1. The number of likely N-dealkylation sites (N-methyl/N-ethyl adjacent to an activating group) is 3. The highest BCUT2D eigenvalue weighted by Crippen LogP contribution is 2.42. The number of benzene rings is 6. The molecule has 11 nitrogen and oxygen atoms in total. The smallest absolute Gasteiger partial charge is 0.138 e. The fraction of sp³-hybridized carbons (Fsp3) is 0.286. The summed E-state index contributed by atoms with van der Waals surface area (Å²) in [6, 6.07) is 63.7. The SMILES string of the molecule is Brc1cnn(C(c2ccccc2)(c2ccccc2)c2ccccc2)c1.CN1CCN(C2=CCN=C2)CC1.CN1CCN(c2cnn(C(c3ccccc3)(c3ccccc3)c3ccccc3)c2)CC1.CN1CCNCC1.Cl. The van der Waals surface area contributed by atoms with Gasteiger partial charge in [-0.05, 0) is 76.5 Å². The zero-order valence-electron chi connectivity index (χ0n) is 44.2. The highest BCUT2D eigenvalue weighted by Gasteiger charge is 2.41. The van der Waals surface area contributed by atoms with Gasteiger partial charge in [0.2, 0.25) is 0 Å². The van der Waals surface area contributed by atoms with Crippen molar-refractivity contribution in [1.29, 1.82) is 0 Å². The molecular weight excluding hydrogens is 1030 g/mol. The first kappa shape index (κ1) is 55.6. The molecule has 76 heavy (non-hydrogen) atoms. The Hall–Kier alpha value is -6.64. The Kier molecular flexibility index (Phi) is 20.1. The number of anilines is 1. The van der Waals surface area contributed by atoms with Crippen LogP contribution in [0.15, 0.2) is 228 Å². The van der Waals surface area contributed by atoms with Crippen LogP contribution in [0.25, 0.3) is 0 Å². The molecule has 4 aliphatic rings. The summed E-state index contributed by atoms with van der Waals surface area (Å²) in [5.74, 6) is 0. The molecule has 13 heteroatoms. The second kappa shape index (κ2) is 27.4. The molecule has 0 unspecified atom stereocenters. The Bertz CT molecular complexity index is 2780. The first-order valence-corrected chi connectivity index (χ1v) is 27.2. The maximum absolute atomic E-state index is 4.97. The van der Waals surface area contributed by atoms with Crippen LogP contribution in [0.2, 0.25) is 0 Å². The van der Waals surface area contributed by atoms with Crippen molar-refractivity contribution >= 4 is 40.2 Å². The van der Waals surface area contributed by atoms with Crippen LogP contribution in [0, 0.1) is 0 Å². The van der Waals surface area contributed by atoms with E-state index in [1.165, 1.54) is 70.9 Å². The molecule has 0 atom stereocenters. The summed E-state index contributed by atoms with van der Waals surface area (Å²) < 4.78 is 5.15. The summed E-state index contributed by atoms with van der Waals surface area (Å²) in [7, 11) is 6.52. The standard InChI is InChI=1S/C27H28N4.C22H17BrN2.C9H15N3.C5H12N2.ClH/c1-29-17-19-30(20-18-29)26-21-28-31(22-26)27(23-11-5-2-6-12-23,24-13-7-3-8-14-24)25-15-9-4-10-16-25;23-21-16-24-25(17-21)22(18-10-4-1-5-11-18,19-12-6-2-7-13-19)20-14-8-3-9-15-20;1-11-4-6-12(7-5-11)9-2-3-10-8-9;1-7-4-2-6-3-5-7;/h2-16,21-22H,17-20H2,1H3;1-17H;2,8H,3-7H2,1H3;6H,2-5H2,1H3;1H. The third kappa shape index (κ3) is 13.1. The summed E-state index contributed by atoms with van der Waals surface area (Å²) in [5, 5.41) is 12.9. The van der Waals surface area contributed by atoms with Crippen LogP contribution < -0.4 is 10.2 Å². The molecule has 394 valence electrons. The van der Waals surface area contributed by atoms with Crippen LogP contribution in [-0.4, -0.2) is 152 Å². The van der Waals surface area contributed by atoms with Crippen molar-refractivity contribution in [2.45, 2.75) is 11.1 Å². The molecule has 12 rings (SSSR count). The van der Waals surface area contributed by atoms with E-state index in [0.29, 0.717) is 0 Å². The maximum atomic E-state index is 4.97. The number of aliphatic imine (C=N–C) groups is 1. The molecule has 0 radical (unpaired) electrons. The Morgan fingerprint density at radius 2 is 0.763 bits per heavy atom. The third-order valence-electron chi connectivity index (χ3n) is 14.7. The van der Waals surface area contributed by atoms with Crippen molar-refractivity contribution in [3.05, 3.63) is 256 Å². The summed E-state index contributed by atoms with van der Waals surface area (Å²) in [6.07, 6.45) is 12.3. The Labute approximate surface area is 465 Å². The van der Waals surface area contributed by atoms with E-state index in [2.05, 4.69) is 258 Å². The van der Waals surface area contributed by atoms with Gasteiger partial charge in [0.05, 0.1) is 41.0 Å². The number of nitrogens with one attached hydrogen (secondary N) is 1. The number of piperazine rings is 3. The minimum absolute atomic E-state index is 0. The van der Waals surface area contributed by atoms with Crippen LogP contribution in [0.3, 0.4) is 0 Å². The second-order valence-corrected chi connectivity index (χ2v) is 20.5. The molecule has 0 spiro atoms. The average molecular weight is 1100 g/mol. The van der Waals surface area contributed by atoms with Crippen LogP contribution in [0.5, 0.6) is 0 Å². The monoisotopic (exact) mass is 1100 g/mol. The van der Waals surface area contributed by atoms with Gasteiger partial charge in [0.25, 0.3) is 0 Å². The van der Waals surface area contributed by atoms with Gasteiger partial charge in [-0.2, -0.15) is 10.2 Å². The van der Waals surface area contributed by atoms with E-state index < -0.39 is 11.1 Å². The molecule has 4 aliphatic heterocycles. The maximum Gasteiger partial charge on any atom is 0.138 e. The average Bonchev–Trinajstić information content (AvgIpc) is 4.30. The molecular formula is C63H73BrClN11. The first-order valence-electron chi connectivity index (χ1n) is 26.4. The highest BCUT2D eigenvalue weighted by molar-refractivity contribution is 9.10. The molecule has 0 amide bonds. The van der Waals surface area contributed by atoms with E-state index in [4.69, 9.17) is 5.10 Å². The lowest BCUT2D eigenvalue weighted by Gasteiger charge is -2.36. The first-order chi connectivity index (χ1) is 36.8. The molecule has 0 saturated carbocycles. The van der Waals surface area contributed by atoms with Crippen molar-refractivity contribution in [3.63, 3.8) is 0 Å². The van der Waals surface area contributed by atoms with Gasteiger partial charge in [0.1, 0.15) is 11.1 Å². The summed E-state index contributed by atoms with van der Waals surface area (Å²) >= 11 is 3.56. The van der Waals surface area contributed by atoms with Crippen LogP contribution in [0.4, 0.5) is 5.69 Å². The molecule has 0 bridgehead atoms. The Morgan fingerprint density at radius 1 is 0.421 bits per heavy atom. The molecule has 1 N–H and O–H groups in total. The molecule has 3 saturated heterocycles. The predicted molar refractivity (Wildman–Crippen MR) is 319 cm³/mol. The van der Waals surface area contributed by atoms with Crippen molar-refractivity contribution in [1.82, 2.24) is 44.5 Å². The molecule has 8 aromatic rings.